The molecule has 8 heavy (non-hydrogen) atoms. The van der Waals surface area contributed by atoms with Gasteiger partial charge < -0.3 is 0 Å². The van der Waals surface area contributed by atoms with Gasteiger partial charge in [0.25, 0.3) is 0 Å². The highest BCUT2D eigenvalue weighted by atomic mass is 32.1. The molecule has 48 valence electrons. The third-order valence-corrected chi connectivity index (χ3v) is 4.58. The minimum atomic E-state index is 0.347. The molecule has 0 saturated heterocycles. The average Bonchev–Trinajstić information content (AvgIpc) is 1.87. The SMILES string of the molecule is CCC(S)(CC)[Si]C. The molecule has 0 atom stereocenters. The Morgan fingerprint density at radius 1 is 1.38 bits per heavy atom. The van der Waals surface area contributed by atoms with Crippen molar-refractivity contribution < 1.29 is 0 Å². The van der Waals surface area contributed by atoms with Crippen molar-refractivity contribution in [2.45, 2.75) is 37.6 Å². The normalized spacial score (nSPS) is 12.0. The van der Waals surface area contributed by atoms with Crippen LogP contribution in [0.4, 0.5) is 0 Å². The summed E-state index contributed by atoms with van der Waals surface area (Å²) in [7, 11) is 0.966. The van der Waals surface area contributed by atoms with Gasteiger partial charge in [-0.1, -0.05) is 20.4 Å². The van der Waals surface area contributed by atoms with E-state index >= 15 is 0 Å². The lowest BCUT2D eigenvalue weighted by molar-refractivity contribution is 0.724. The predicted octanol–water partition coefficient (Wildman–Crippen LogP) is 2.18. The van der Waals surface area contributed by atoms with Crippen LogP contribution in [0.25, 0.3) is 0 Å². The molecule has 0 fully saturated rings. The Morgan fingerprint density at radius 2 is 1.75 bits per heavy atom. The van der Waals surface area contributed by atoms with E-state index in [4.69, 9.17) is 0 Å². The Bertz CT molecular complexity index is 51.3. The molecule has 0 aliphatic carbocycles. The van der Waals surface area contributed by atoms with E-state index in [-0.39, 0.29) is 0 Å². The van der Waals surface area contributed by atoms with Crippen molar-refractivity contribution in [2.75, 3.05) is 0 Å². The summed E-state index contributed by atoms with van der Waals surface area (Å²) < 4.78 is 0.347. The first-order valence-electron chi connectivity index (χ1n) is 3.09. The molecule has 0 spiro atoms. The van der Waals surface area contributed by atoms with Gasteiger partial charge in [-0.05, 0) is 12.8 Å². The van der Waals surface area contributed by atoms with E-state index in [1.807, 2.05) is 0 Å². The Labute approximate surface area is 60.3 Å². The highest BCUT2D eigenvalue weighted by molar-refractivity contribution is 7.83. The van der Waals surface area contributed by atoms with Gasteiger partial charge in [0.05, 0.1) is 9.52 Å². The monoisotopic (exact) mass is 146 g/mol. The van der Waals surface area contributed by atoms with E-state index < -0.39 is 0 Å². The molecule has 2 radical (unpaired) electrons. The molecule has 0 aliphatic heterocycles. The molecule has 0 rings (SSSR count). The number of hydrogen-bond donors (Lipinski definition) is 1. The first kappa shape index (κ1) is 8.57. The standard InChI is InChI=1S/C6H14SSi/c1-4-6(7,5-2)8-3/h7H,4-5H2,1-3H3. The van der Waals surface area contributed by atoms with Gasteiger partial charge in [0.2, 0.25) is 0 Å². The lowest BCUT2D eigenvalue weighted by Crippen LogP contribution is -2.25. The summed E-state index contributed by atoms with van der Waals surface area (Å²) in [6.07, 6.45) is 2.39. The van der Waals surface area contributed by atoms with E-state index in [0.29, 0.717) is 4.37 Å². The van der Waals surface area contributed by atoms with E-state index in [2.05, 4.69) is 33.0 Å². The topological polar surface area (TPSA) is 0 Å². The van der Waals surface area contributed by atoms with Crippen molar-refractivity contribution in [3.63, 3.8) is 0 Å². The summed E-state index contributed by atoms with van der Waals surface area (Å²) in [6.45, 7) is 6.62. The minimum absolute atomic E-state index is 0.347. The van der Waals surface area contributed by atoms with Crippen LogP contribution < -0.4 is 0 Å². The minimum Gasteiger partial charge on any atom is -0.176 e. The molecule has 0 heterocycles. The molecule has 0 aliphatic rings. The molecule has 0 aromatic carbocycles. The summed E-state index contributed by atoms with van der Waals surface area (Å²) in [5.74, 6) is 0. The van der Waals surface area contributed by atoms with Crippen LogP contribution in [0.5, 0.6) is 0 Å². The van der Waals surface area contributed by atoms with Crippen LogP contribution in [0.2, 0.25) is 6.55 Å². The largest absolute Gasteiger partial charge is 0.176 e. The highest BCUT2D eigenvalue weighted by Crippen LogP contribution is 2.20. The van der Waals surface area contributed by atoms with Crippen LogP contribution in [0.15, 0.2) is 0 Å². The van der Waals surface area contributed by atoms with E-state index in [9.17, 15) is 0 Å². The van der Waals surface area contributed by atoms with Crippen molar-refractivity contribution in [1.82, 2.24) is 0 Å². The fourth-order valence-corrected chi connectivity index (χ4v) is 1.31. The maximum Gasteiger partial charge on any atom is 0.0557 e. The van der Waals surface area contributed by atoms with E-state index in [0.717, 1.165) is 9.52 Å². The average molecular weight is 146 g/mol. The fourth-order valence-electron chi connectivity index (χ4n) is 0.604. The molecule has 0 nitrogen and oxygen atoms in total. The molecular formula is C6H14SSi. The number of rotatable bonds is 3. The molecule has 0 aromatic heterocycles. The van der Waals surface area contributed by atoms with Crippen LogP contribution >= 0.6 is 12.6 Å². The first-order valence-corrected chi connectivity index (χ1v) is 5.04. The molecule has 0 unspecified atom stereocenters. The lowest BCUT2D eigenvalue weighted by Gasteiger charge is -2.21. The Kier molecular flexibility index (Phi) is 3.82. The van der Waals surface area contributed by atoms with Crippen LogP contribution in [0.1, 0.15) is 26.7 Å². The summed E-state index contributed by atoms with van der Waals surface area (Å²) >= 11 is 4.53. The summed E-state index contributed by atoms with van der Waals surface area (Å²) in [5.41, 5.74) is 0. The maximum absolute atomic E-state index is 4.53. The van der Waals surface area contributed by atoms with Gasteiger partial charge in [0, 0.05) is 4.37 Å². The van der Waals surface area contributed by atoms with Gasteiger partial charge in [0.1, 0.15) is 0 Å². The molecule has 0 saturated carbocycles. The van der Waals surface area contributed by atoms with Crippen molar-refractivity contribution in [1.29, 1.82) is 0 Å². The number of thiol groups is 1. The Morgan fingerprint density at radius 3 is 1.75 bits per heavy atom. The van der Waals surface area contributed by atoms with Gasteiger partial charge in [-0.3, -0.25) is 0 Å². The van der Waals surface area contributed by atoms with Gasteiger partial charge in [-0.25, -0.2) is 0 Å². The van der Waals surface area contributed by atoms with Crippen LogP contribution in [0.3, 0.4) is 0 Å². The second-order valence-corrected chi connectivity index (χ2v) is 4.72. The third-order valence-electron chi connectivity index (χ3n) is 1.64. The summed E-state index contributed by atoms with van der Waals surface area (Å²) in [5, 5.41) is 0. The lowest BCUT2D eigenvalue weighted by atomic mass is 10.2. The second kappa shape index (κ2) is 3.57. The second-order valence-electron chi connectivity index (χ2n) is 1.99. The van der Waals surface area contributed by atoms with E-state index in [1.165, 1.54) is 12.8 Å². The smallest absolute Gasteiger partial charge is 0.0557 e. The van der Waals surface area contributed by atoms with Gasteiger partial charge in [-0.2, -0.15) is 12.6 Å². The number of hydrogen-bond acceptors (Lipinski definition) is 1. The zero-order chi connectivity index (χ0) is 6.62. The zero-order valence-corrected chi connectivity index (χ0v) is 7.76. The van der Waals surface area contributed by atoms with E-state index in [1.54, 1.807) is 0 Å². The molecule has 0 N–H and O–H groups in total. The third kappa shape index (κ3) is 2.22. The van der Waals surface area contributed by atoms with Crippen LogP contribution in [0, 0.1) is 0 Å². The molecule has 0 amide bonds. The molecule has 0 bridgehead atoms. The fraction of sp³-hybridized carbons (Fsp3) is 1.00. The van der Waals surface area contributed by atoms with Crippen molar-refractivity contribution in [3.05, 3.63) is 0 Å². The van der Waals surface area contributed by atoms with Gasteiger partial charge in [0.15, 0.2) is 0 Å². The highest BCUT2D eigenvalue weighted by Gasteiger charge is 2.17. The Hall–Kier alpha value is 0.567. The Balaban J connectivity index is 3.58. The van der Waals surface area contributed by atoms with Crippen molar-refractivity contribution >= 4 is 22.1 Å². The molecular weight excluding hydrogens is 132 g/mol. The van der Waals surface area contributed by atoms with Crippen molar-refractivity contribution in [2.24, 2.45) is 0 Å². The molecule has 2 heteroatoms. The summed E-state index contributed by atoms with van der Waals surface area (Å²) in [6, 6.07) is 0. The van der Waals surface area contributed by atoms with Crippen LogP contribution in [-0.2, 0) is 0 Å². The first-order chi connectivity index (χ1) is 3.68. The molecule has 0 aromatic rings. The predicted molar refractivity (Wildman–Crippen MR) is 43.9 cm³/mol. The zero-order valence-electron chi connectivity index (χ0n) is 5.86. The maximum atomic E-state index is 4.53. The van der Waals surface area contributed by atoms with Gasteiger partial charge in [-0.15, -0.1) is 0 Å². The summed E-state index contributed by atoms with van der Waals surface area (Å²) in [4.78, 5) is 0. The van der Waals surface area contributed by atoms with Crippen LogP contribution in [-0.4, -0.2) is 13.9 Å². The van der Waals surface area contributed by atoms with Gasteiger partial charge >= 0.3 is 0 Å². The van der Waals surface area contributed by atoms with Crippen molar-refractivity contribution in [3.8, 4) is 0 Å². The quantitative estimate of drug-likeness (QED) is 0.458.